The molecule has 0 bridgehead atoms. The van der Waals surface area contributed by atoms with Crippen LogP contribution in [0.4, 0.5) is 0 Å². The van der Waals surface area contributed by atoms with Crippen molar-refractivity contribution in [1.29, 1.82) is 0 Å². The predicted octanol–water partition coefficient (Wildman–Crippen LogP) is 2.14. The Morgan fingerprint density at radius 3 is 2.67 bits per heavy atom. The number of hydrogen-bond acceptors (Lipinski definition) is 5. The Labute approximate surface area is 164 Å². The summed E-state index contributed by atoms with van der Waals surface area (Å²) in [5, 5.41) is 0.383. The number of likely N-dealkylation sites (tertiary alicyclic amines) is 1. The number of amides is 1. The highest BCUT2D eigenvalue weighted by Gasteiger charge is 2.31. The zero-order valence-electron chi connectivity index (χ0n) is 15.2. The van der Waals surface area contributed by atoms with Gasteiger partial charge >= 0.3 is 0 Å². The summed E-state index contributed by atoms with van der Waals surface area (Å²) in [6.45, 7) is 2.13. The van der Waals surface area contributed by atoms with Crippen molar-refractivity contribution in [2.45, 2.75) is 18.5 Å². The van der Waals surface area contributed by atoms with Gasteiger partial charge in [-0.2, -0.15) is 0 Å². The average Bonchev–Trinajstić information content (AvgIpc) is 3.01. The minimum Gasteiger partial charge on any atom is -0.493 e. The number of halogens is 1. The molecule has 1 amide bonds. The molecule has 1 aliphatic rings. The van der Waals surface area contributed by atoms with Gasteiger partial charge in [-0.1, -0.05) is 41.9 Å². The van der Waals surface area contributed by atoms with Crippen molar-refractivity contribution < 1.29 is 14.3 Å². The van der Waals surface area contributed by atoms with Crippen LogP contribution in [0.3, 0.4) is 0 Å². The van der Waals surface area contributed by atoms with E-state index in [0.717, 1.165) is 18.7 Å². The third-order valence-electron chi connectivity index (χ3n) is 4.72. The number of carbonyl (C=O) groups is 1. The number of ether oxygens (including phenoxy) is 2. The van der Waals surface area contributed by atoms with Gasteiger partial charge in [0.2, 0.25) is 0 Å². The number of primary amides is 1. The monoisotopic (exact) mass is 389 g/mol. The van der Waals surface area contributed by atoms with Crippen LogP contribution in [0, 0.1) is 0 Å². The topological polar surface area (TPSA) is 90.8 Å². The Morgan fingerprint density at radius 1 is 1.26 bits per heavy atom. The van der Waals surface area contributed by atoms with Gasteiger partial charge in [0.1, 0.15) is 0 Å². The molecule has 144 valence electrons. The fourth-order valence-corrected chi connectivity index (χ4v) is 3.79. The minimum atomic E-state index is -0.574. The third-order valence-corrected chi connectivity index (χ3v) is 5.00. The Morgan fingerprint density at radius 2 is 2.00 bits per heavy atom. The van der Waals surface area contributed by atoms with Crippen LogP contribution in [0.5, 0.6) is 11.5 Å². The maximum absolute atomic E-state index is 11.0. The first kappa shape index (κ1) is 19.5. The van der Waals surface area contributed by atoms with Crippen LogP contribution in [0.15, 0.2) is 42.5 Å². The lowest BCUT2D eigenvalue weighted by molar-refractivity contribution is -0.119. The zero-order chi connectivity index (χ0) is 19.4. The molecular formula is C20H24ClN3O3. The van der Waals surface area contributed by atoms with E-state index < -0.39 is 5.91 Å². The Bertz CT molecular complexity index is 801. The van der Waals surface area contributed by atoms with Crippen molar-refractivity contribution in [3.63, 3.8) is 0 Å². The summed E-state index contributed by atoms with van der Waals surface area (Å²) in [6.07, 6.45) is 0. The number of nitrogens with two attached hydrogens (primary N) is 2. The summed E-state index contributed by atoms with van der Waals surface area (Å²) in [7, 11) is 1.53. The molecule has 6 nitrogen and oxygen atoms in total. The molecule has 0 aliphatic carbocycles. The van der Waals surface area contributed by atoms with Crippen LogP contribution in [0.2, 0.25) is 5.02 Å². The fraction of sp³-hybridized carbons (Fsp3) is 0.350. The predicted molar refractivity (Wildman–Crippen MR) is 105 cm³/mol. The van der Waals surface area contributed by atoms with Gasteiger partial charge in [-0.25, -0.2) is 0 Å². The molecule has 2 aromatic rings. The van der Waals surface area contributed by atoms with Gasteiger partial charge in [0.25, 0.3) is 5.91 Å². The van der Waals surface area contributed by atoms with Crippen LogP contribution in [0.1, 0.15) is 17.0 Å². The average molecular weight is 390 g/mol. The van der Waals surface area contributed by atoms with Crippen LogP contribution in [-0.4, -0.2) is 43.7 Å². The molecular weight excluding hydrogens is 366 g/mol. The molecule has 4 N–H and O–H groups in total. The molecule has 1 saturated heterocycles. The Kier molecular flexibility index (Phi) is 6.21. The van der Waals surface area contributed by atoms with Crippen molar-refractivity contribution in [2.75, 3.05) is 26.8 Å². The zero-order valence-corrected chi connectivity index (χ0v) is 16.0. The van der Waals surface area contributed by atoms with E-state index in [1.165, 1.54) is 12.7 Å². The van der Waals surface area contributed by atoms with E-state index in [1.807, 2.05) is 30.3 Å². The summed E-state index contributed by atoms with van der Waals surface area (Å²) in [5.74, 6) is 0.529. The molecule has 0 unspecified atom stereocenters. The second kappa shape index (κ2) is 8.61. The minimum absolute atomic E-state index is 0.0861. The van der Waals surface area contributed by atoms with Crippen LogP contribution in [0.25, 0.3) is 0 Å². The second-order valence-corrected chi connectivity index (χ2v) is 7.15. The Balaban J connectivity index is 1.72. The van der Waals surface area contributed by atoms with Crippen molar-refractivity contribution in [3.05, 3.63) is 58.6 Å². The number of carbonyl (C=O) groups excluding carboxylic acids is 1. The summed E-state index contributed by atoms with van der Waals surface area (Å²) in [5.41, 5.74) is 13.8. The molecule has 0 saturated carbocycles. The number of hydrogen-bond donors (Lipinski definition) is 2. The maximum Gasteiger partial charge on any atom is 0.255 e. The fourth-order valence-electron chi connectivity index (χ4n) is 3.50. The van der Waals surface area contributed by atoms with E-state index in [-0.39, 0.29) is 12.6 Å². The van der Waals surface area contributed by atoms with Gasteiger partial charge < -0.3 is 20.9 Å². The van der Waals surface area contributed by atoms with E-state index in [1.54, 1.807) is 0 Å². The largest absolute Gasteiger partial charge is 0.493 e. The lowest BCUT2D eigenvalue weighted by Crippen LogP contribution is -2.28. The number of nitrogens with zero attached hydrogens (tertiary/aromatic N) is 1. The highest BCUT2D eigenvalue weighted by molar-refractivity contribution is 6.32. The molecule has 2 atom stereocenters. The summed E-state index contributed by atoms with van der Waals surface area (Å²) in [4.78, 5) is 13.3. The van der Waals surface area contributed by atoms with Crippen LogP contribution < -0.4 is 20.9 Å². The highest BCUT2D eigenvalue weighted by Crippen LogP contribution is 2.37. The standard InChI is InChI=1S/C20H24ClN3O3/c1-26-18-8-13(7-16(21)20(18)27-12-19(23)25)9-24-10-15(17(22)11-24)14-5-3-2-4-6-14/h2-8,15,17H,9-12,22H2,1H3,(H2,23,25)/t15-,17+/m0/s1. The number of benzene rings is 2. The van der Waals surface area contributed by atoms with Crippen molar-refractivity contribution in [1.82, 2.24) is 4.90 Å². The number of rotatable bonds is 7. The van der Waals surface area contributed by atoms with E-state index in [4.69, 9.17) is 32.5 Å². The van der Waals surface area contributed by atoms with Gasteiger partial charge in [0.15, 0.2) is 18.1 Å². The van der Waals surface area contributed by atoms with E-state index >= 15 is 0 Å². The van der Waals surface area contributed by atoms with Crippen LogP contribution >= 0.6 is 11.6 Å². The normalized spacial score (nSPS) is 19.8. The molecule has 3 rings (SSSR count). The van der Waals surface area contributed by atoms with Gasteiger partial charge in [-0.05, 0) is 23.3 Å². The molecule has 27 heavy (non-hydrogen) atoms. The van der Waals surface area contributed by atoms with E-state index in [9.17, 15) is 4.79 Å². The van der Waals surface area contributed by atoms with Crippen LogP contribution in [-0.2, 0) is 11.3 Å². The molecule has 2 aromatic carbocycles. The molecule has 0 spiro atoms. The molecule has 1 heterocycles. The first-order valence-electron chi connectivity index (χ1n) is 8.78. The van der Waals surface area contributed by atoms with Crippen molar-refractivity contribution in [2.24, 2.45) is 11.5 Å². The van der Waals surface area contributed by atoms with Gasteiger partial charge in [0.05, 0.1) is 12.1 Å². The summed E-state index contributed by atoms with van der Waals surface area (Å²) in [6, 6.07) is 14.1. The van der Waals surface area contributed by atoms with Gasteiger partial charge in [0, 0.05) is 31.6 Å². The lowest BCUT2D eigenvalue weighted by Gasteiger charge is -2.18. The quantitative estimate of drug-likeness (QED) is 0.757. The lowest BCUT2D eigenvalue weighted by atomic mass is 9.95. The second-order valence-electron chi connectivity index (χ2n) is 6.74. The molecule has 1 fully saturated rings. The first-order chi connectivity index (χ1) is 13.0. The van der Waals surface area contributed by atoms with Gasteiger partial charge in [-0.15, -0.1) is 0 Å². The van der Waals surface area contributed by atoms with Crippen molar-refractivity contribution >= 4 is 17.5 Å². The van der Waals surface area contributed by atoms with Crippen molar-refractivity contribution in [3.8, 4) is 11.5 Å². The third kappa shape index (κ3) is 4.71. The highest BCUT2D eigenvalue weighted by atomic mass is 35.5. The van der Waals surface area contributed by atoms with Gasteiger partial charge in [-0.3, -0.25) is 9.69 Å². The molecule has 1 aliphatic heterocycles. The smallest absolute Gasteiger partial charge is 0.255 e. The molecule has 0 radical (unpaired) electrons. The Hall–Kier alpha value is -2.28. The summed E-state index contributed by atoms with van der Waals surface area (Å²) >= 11 is 6.34. The van der Waals surface area contributed by atoms with E-state index in [2.05, 4.69) is 17.0 Å². The first-order valence-corrected chi connectivity index (χ1v) is 9.16. The molecule has 0 aromatic heterocycles. The molecule has 7 heteroatoms. The summed E-state index contributed by atoms with van der Waals surface area (Å²) < 4.78 is 10.7. The number of methoxy groups -OCH3 is 1. The SMILES string of the molecule is COc1cc(CN2C[C@@H](N)[C@H](c3ccccc3)C2)cc(Cl)c1OCC(N)=O. The maximum atomic E-state index is 11.0. The van der Waals surface area contributed by atoms with E-state index in [0.29, 0.717) is 29.0 Å².